The number of nitrogens with one attached hydrogen (secondary N) is 2. The highest BCUT2D eigenvalue weighted by molar-refractivity contribution is 5.99. The van der Waals surface area contributed by atoms with E-state index in [0.29, 0.717) is 23.1 Å². The van der Waals surface area contributed by atoms with Crippen molar-refractivity contribution < 1.29 is 4.79 Å². The van der Waals surface area contributed by atoms with E-state index in [1.54, 1.807) is 12.3 Å². The van der Waals surface area contributed by atoms with Crippen molar-refractivity contribution in [2.24, 2.45) is 17.7 Å². The van der Waals surface area contributed by atoms with E-state index in [-0.39, 0.29) is 11.9 Å². The molecule has 1 amide bonds. The van der Waals surface area contributed by atoms with E-state index in [1.807, 2.05) is 0 Å². The number of nitrogens with two attached hydrogens (primary N) is 1. The average Bonchev–Trinajstić information content (AvgIpc) is 2.70. The Hall–Kier alpha value is -1.62. The van der Waals surface area contributed by atoms with Gasteiger partial charge >= 0.3 is 0 Å². The quantitative estimate of drug-likeness (QED) is 0.560. The number of nitrogens with zero attached hydrogens (tertiary/aromatic N) is 1. The summed E-state index contributed by atoms with van der Waals surface area (Å²) in [5.74, 6) is 6.46. The van der Waals surface area contributed by atoms with Crippen LogP contribution in [-0.2, 0) is 0 Å². The van der Waals surface area contributed by atoms with Crippen LogP contribution in [0, 0.1) is 11.8 Å². The smallest absolute Gasteiger partial charge is 0.255 e. The molecule has 0 aliphatic heterocycles. The number of carbonyl (C=O) groups excluding carboxylic acids is 1. The second-order valence-corrected chi connectivity index (χ2v) is 5.06. The number of amides is 1. The minimum Gasteiger partial charge on any atom is -0.349 e. The van der Waals surface area contributed by atoms with Crippen molar-refractivity contribution in [1.82, 2.24) is 10.3 Å². The van der Waals surface area contributed by atoms with E-state index < -0.39 is 0 Å². The summed E-state index contributed by atoms with van der Waals surface area (Å²) in [6.07, 6.45) is 5.35. The Kier molecular flexibility index (Phi) is 3.81. The molecule has 3 atom stereocenters. The Bertz CT molecular complexity index is 435. The summed E-state index contributed by atoms with van der Waals surface area (Å²) in [6.45, 7) is 4.42. The minimum atomic E-state index is -0.109. The molecule has 0 radical (unpaired) electrons. The van der Waals surface area contributed by atoms with Crippen LogP contribution < -0.4 is 16.6 Å². The van der Waals surface area contributed by atoms with Crippen LogP contribution in [0.4, 0.5) is 5.69 Å². The Morgan fingerprint density at radius 2 is 2.22 bits per heavy atom. The fourth-order valence-electron chi connectivity index (χ4n) is 2.52. The first-order valence-corrected chi connectivity index (χ1v) is 6.35. The second-order valence-electron chi connectivity index (χ2n) is 5.06. The lowest BCUT2D eigenvalue weighted by Gasteiger charge is -2.20. The average molecular weight is 248 g/mol. The summed E-state index contributed by atoms with van der Waals surface area (Å²) in [4.78, 5) is 16.2. The molecule has 1 saturated carbocycles. The molecule has 1 aromatic heterocycles. The van der Waals surface area contributed by atoms with Gasteiger partial charge in [-0.25, -0.2) is 0 Å². The van der Waals surface area contributed by atoms with Gasteiger partial charge in [0.25, 0.3) is 5.91 Å². The Morgan fingerprint density at radius 3 is 2.83 bits per heavy atom. The highest BCUT2D eigenvalue weighted by Crippen LogP contribution is 2.31. The highest BCUT2D eigenvalue weighted by Gasteiger charge is 2.31. The summed E-state index contributed by atoms with van der Waals surface area (Å²) in [5, 5.41) is 3.08. The van der Waals surface area contributed by atoms with Crippen molar-refractivity contribution in [3.05, 3.63) is 24.0 Å². The molecule has 0 saturated heterocycles. The number of carbonyl (C=O) groups is 1. The largest absolute Gasteiger partial charge is 0.349 e. The first-order valence-electron chi connectivity index (χ1n) is 6.35. The monoisotopic (exact) mass is 248 g/mol. The third-order valence-corrected chi connectivity index (χ3v) is 4.00. The molecule has 1 fully saturated rings. The first kappa shape index (κ1) is 12.8. The Morgan fingerprint density at radius 1 is 1.44 bits per heavy atom. The molecule has 5 heteroatoms. The van der Waals surface area contributed by atoms with Gasteiger partial charge in [-0.2, -0.15) is 0 Å². The van der Waals surface area contributed by atoms with E-state index in [9.17, 15) is 4.79 Å². The maximum absolute atomic E-state index is 12.2. The van der Waals surface area contributed by atoms with Crippen LogP contribution in [0.1, 0.15) is 37.0 Å². The zero-order valence-electron chi connectivity index (χ0n) is 10.8. The zero-order valence-corrected chi connectivity index (χ0v) is 10.8. The van der Waals surface area contributed by atoms with Gasteiger partial charge < -0.3 is 10.7 Å². The molecule has 1 heterocycles. The predicted octanol–water partition coefficient (Wildman–Crippen LogP) is 1.53. The molecule has 98 valence electrons. The molecule has 3 unspecified atom stereocenters. The maximum Gasteiger partial charge on any atom is 0.255 e. The third kappa shape index (κ3) is 2.46. The van der Waals surface area contributed by atoms with Gasteiger partial charge in [0.1, 0.15) is 0 Å². The Balaban J connectivity index is 2.08. The van der Waals surface area contributed by atoms with Gasteiger partial charge in [0, 0.05) is 18.4 Å². The number of aromatic nitrogens is 1. The van der Waals surface area contributed by atoms with E-state index in [1.165, 1.54) is 12.6 Å². The standard InChI is InChI=1S/C13H20N4O/c1-8-3-4-11(9(8)2)16-13(18)10-7-15-6-5-12(10)17-14/h5-9,11H,3-4,14H2,1-2H3,(H,15,17)(H,16,18). The van der Waals surface area contributed by atoms with Gasteiger partial charge in [-0.15, -0.1) is 0 Å². The summed E-state index contributed by atoms with van der Waals surface area (Å²) in [7, 11) is 0. The molecule has 1 aliphatic carbocycles. The fraction of sp³-hybridized carbons (Fsp3) is 0.538. The molecule has 1 aliphatic rings. The first-order chi connectivity index (χ1) is 8.63. The maximum atomic E-state index is 12.2. The summed E-state index contributed by atoms with van der Waals surface area (Å²) >= 11 is 0. The number of anilines is 1. The predicted molar refractivity (Wildman–Crippen MR) is 70.9 cm³/mol. The van der Waals surface area contributed by atoms with Crippen LogP contribution in [0.25, 0.3) is 0 Å². The molecule has 0 aromatic carbocycles. The van der Waals surface area contributed by atoms with Gasteiger partial charge in [0.05, 0.1) is 11.3 Å². The lowest BCUT2D eigenvalue weighted by atomic mass is 9.97. The van der Waals surface area contributed by atoms with Gasteiger partial charge in [0.15, 0.2) is 0 Å². The van der Waals surface area contributed by atoms with Crippen LogP contribution >= 0.6 is 0 Å². The molecule has 18 heavy (non-hydrogen) atoms. The fourth-order valence-corrected chi connectivity index (χ4v) is 2.52. The molecule has 4 N–H and O–H groups in total. The van der Waals surface area contributed by atoms with Crippen LogP contribution in [0.2, 0.25) is 0 Å². The molecule has 2 rings (SSSR count). The topological polar surface area (TPSA) is 80.0 Å². The molecule has 0 bridgehead atoms. The molecular formula is C13H20N4O. The SMILES string of the molecule is CC1CCC(NC(=O)c2cnccc2NN)C1C. The zero-order chi connectivity index (χ0) is 13.1. The van der Waals surface area contributed by atoms with Crippen LogP contribution in [0.3, 0.4) is 0 Å². The minimum absolute atomic E-state index is 0.109. The van der Waals surface area contributed by atoms with Gasteiger partial charge in [-0.05, 0) is 30.7 Å². The molecule has 0 spiro atoms. The van der Waals surface area contributed by atoms with Gasteiger partial charge in [-0.3, -0.25) is 15.6 Å². The van der Waals surface area contributed by atoms with E-state index in [0.717, 1.165) is 6.42 Å². The number of hydrazine groups is 1. The second kappa shape index (κ2) is 5.35. The Labute approximate surface area is 107 Å². The van der Waals surface area contributed by atoms with Crippen molar-refractivity contribution in [2.75, 3.05) is 5.43 Å². The van der Waals surface area contributed by atoms with Crippen molar-refractivity contribution in [1.29, 1.82) is 0 Å². The number of hydrogen-bond donors (Lipinski definition) is 3. The van der Waals surface area contributed by atoms with Gasteiger partial charge in [0.2, 0.25) is 0 Å². The number of rotatable bonds is 3. The summed E-state index contributed by atoms with van der Waals surface area (Å²) < 4.78 is 0. The third-order valence-electron chi connectivity index (χ3n) is 4.00. The summed E-state index contributed by atoms with van der Waals surface area (Å²) in [6, 6.07) is 1.94. The van der Waals surface area contributed by atoms with E-state index in [2.05, 4.69) is 29.6 Å². The number of pyridine rings is 1. The number of nitrogen functional groups attached to an aromatic ring is 1. The highest BCUT2D eigenvalue weighted by atomic mass is 16.1. The van der Waals surface area contributed by atoms with Crippen LogP contribution in [0.15, 0.2) is 18.5 Å². The molecular weight excluding hydrogens is 228 g/mol. The van der Waals surface area contributed by atoms with E-state index >= 15 is 0 Å². The van der Waals surface area contributed by atoms with Crippen molar-refractivity contribution >= 4 is 11.6 Å². The normalized spacial score (nSPS) is 26.9. The molecule has 1 aromatic rings. The molecule has 5 nitrogen and oxygen atoms in total. The van der Waals surface area contributed by atoms with Crippen LogP contribution in [-0.4, -0.2) is 16.9 Å². The van der Waals surface area contributed by atoms with Crippen molar-refractivity contribution in [2.45, 2.75) is 32.7 Å². The van der Waals surface area contributed by atoms with Crippen molar-refractivity contribution in [3.63, 3.8) is 0 Å². The lowest BCUT2D eigenvalue weighted by molar-refractivity contribution is 0.0928. The number of hydrogen-bond acceptors (Lipinski definition) is 4. The lowest BCUT2D eigenvalue weighted by Crippen LogP contribution is -2.37. The van der Waals surface area contributed by atoms with E-state index in [4.69, 9.17) is 5.84 Å². The van der Waals surface area contributed by atoms with Crippen LogP contribution in [0.5, 0.6) is 0 Å². The van der Waals surface area contributed by atoms with Gasteiger partial charge in [-0.1, -0.05) is 13.8 Å². The summed E-state index contributed by atoms with van der Waals surface area (Å²) in [5.41, 5.74) is 3.61. The van der Waals surface area contributed by atoms with Crippen molar-refractivity contribution in [3.8, 4) is 0 Å².